The monoisotopic (exact) mass is 132 g/mol. The van der Waals surface area contributed by atoms with Crippen molar-refractivity contribution in [2.45, 2.75) is 19.3 Å². The highest BCUT2D eigenvalue weighted by Crippen LogP contribution is 2.99. The fourth-order valence-corrected chi connectivity index (χ4v) is 5.14. The van der Waals surface area contributed by atoms with Crippen molar-refractivity contribution in [3.8, 4) is 0 Å². The molecule has 7 atom stereocenters. The van der Waals surface area contributed by atoms with Gasteiger partial charge in [0.15, 0.2) is 0 Å². The average molecular weight is 132 g/mol. The van der Waals surface area contributed by atoms with Crippen molar-refractivity contribution in [3.05, 3.63) is 0 Å². The van der Waals surface area contributed by atoms with Crippen LogP contribution in [0.2, 0.25) is 0 Å². The molecule has 0 saturated heterocycles. The van der Waals surface area contributed by atoms with Crippen molar-refractivity contribution in [2.24, 2.45) is 40.9 Å². The van der Waals surface area contributed by atoms with Gasteiger partial charge >= 0.3 is 0 Å². The Bertz CT molecular complexity index is 257. The lowest BCUT2D eigenvalue weighted by Crippen LogP contribution is -2.35. The Morgan fingerprint density at radius 2 is 1.90 bits per heavy atom. The van der Waals surface area contributed by atoms with Gasteiger partial charge in [-0.25, -0.2) is 0 Å². The lowest BCUT2D eigenvalue weighted by atomic mass is 9.64. The third kappa shape index (κ3) is 0.194. The zero-order chi connectivity index (χ0) is 6.09. The highest BCUT2D eigenvalue weighted by atomic mass is 15.0. The molecular weight excluding hydrogens is 120 g/mol. The van der Waals surface area contributed by atoms with Crippen molar-refractivity contribution in [1.82, 2.24) is 0 Å². The van der Waals surface area contributed by atoms with E-state index in [9.17, 15) is 0 Å². The second-order valence-corrected chi connectivity index (χ2v) is 5.53. The predicted octanol–water partition coefficient (Wildman–Crippen LogP) is 1.91. The van der Waals surface area contributed by atoms with E-state index in [4.69, 9.17) is 0 Å². The van der Waals surface area contributed by atoms with Crippen LogP contribution >= 0.6 is 0 Å². The van der Waals surface area contributed by atoms with Gasteiger partial charge in [0.2, 0.25) is 0 Å². The normalized spacial score (nSPS) is 91.2. The summed E-state index contributed by atoms with van der Waals surface area (Å²) in [6.07, 6.45) is 4.97. The maximum atomic E-state index is 1.67. The van der Waals surface area contributed by atoms with Gasteiger partial charge in [-0.3, -0.25) is 0 Å². The number of hydrogen-bond acceptors (Lipinski definition) is 0. The first-order valence-corrected chi connectivity index (χ1v) is 4.93. The summed E-state index contributed by atoms with van der Waals surface area (Å²) in [5.74, 6) is 7.71. The highest BCUT2D eigenvalue weighted by molar-refractivity contribution is 5.41. The predicted molar refractivity (Wildman–Crippen MR) is 37.2 cm³/mol. The molecule has 5 aliphatic rings. The Hall–Kier alpha value is 0. The van der Waals surface area contributed by atoms with Gasteiger partial charge in [-0.1, -0.05) is 0 Å². The Morgan fingerprint density at radius 3 is 2.70 bits per heavy atom. The largest absolute Gasteiger partial charge is 0.0467 e. The first kappa shape index (κ1) is 4.13. The molecule has 1 spiro atoms. The van der Waals surface area contributed by atoms with Crippen LogP contribution in [0.1, 0.15) is 19.3 Å². The molecule has 0 aromatic carbocycles. The van der Waals surface area contributed by atoms with Gasteiger partial charge in [-0.05, 0) is 60.2 Å². The van der Waals surface area contributed by atoms with E-state index >= 15 is 0 Å². The zero-order valence-corrected chi connectivity index (χ0v) is 6.09. The van der Waals surface area contributed by atoms with Crippen LogP contribution in [-0.4, -0.2) is 0 Å². The first-order valence-electron chi connectivity index (χ1n) is 4.93. The van der Waals surface area contributed by atoms with Crippen LogP contribution in [0.4, 0.5) is 0 Å². The molecule has 52 valence electrons. The van der Waals surface area contributed by atoms with Gasteiger partial charge in [0.1, 0.15) is 0 Å². The lowest BCUT2D eigenvalue weighted by Gasteiger charge is -2.40. The molecule has 5 aliphatic carbocycles. The van der Waals surface area contributed by atoms with Crippen LogP contribution in [0.15, 0.2) is 0 Å². The summed E-state index contributed by atoms with van der Waals surface area (Å²) in [5.41, 5.74) is 1.07. The molecule has 0 nitrogen and oxygen atoms in total. The minimum atomic E-state index is 1.07. The van der Waals surface area contributed by atoms with E-state index in [0.29, 0.717) is 0 Å². The summed E-state index contributed by atoms with van der Waals surface area (Å²) >= 11 is 0. The third-order valence-electron chi connectivity index (χ3n) is 5.61. The molecule has 5 fully saturated rings. The van der Waals surface area contributed by atoms with Gasteiger partial charge in [-0.2, -0.15) is 0 Å². The molecule has 0 amide bonds. The molecule has 10 heavy (non-hydrogen) atoms. The maximum absolute atomic E-state index is 1.67. The van der Waals surface area contributed by atoms with Crippen molar-refractivity contribution in [3.63, 3.8) is 0 Å². The number of hydrogen-bond donors (Lipinski definition) is 0. The zero-order valence-electron chi connectivity index (χ0n) is 6.09. The molecule has 0 radical (unpaired) electrons. The molecule has 0 aromatic rings. The smallest absolute Gasteiger partial charge is 0.0195 e. The number of fused-ring (bicyclic) bond motifs is 5. The molecule has 0 heterocycles. The van der Waals surface area contributed by atoms with E-state index in [1.54, 1.807) is 19.3 Å². The molecule has 5 rings (SSSR count). The van der Waals surface area contributed by atoms with Crippen molar-refractivity contribution in [1.29, 1.82) is 0 Å². The van der Waals surface area contributed by atoms with E-state index in [0.717, 1.165) is 5.41 Å². The van der Waals surface area contributed by atoms with Gasteiger partial charge in [0.25, 0.3) is 0 Å². The minimum Gasteiger partial charge on any atom is -0.0467 e. The van der Waals surface area contributed by atoms with Crippen LogP contribution in [0.3, 0.4) is 0 Å². The highest BCUT2D eigenvalue weighted by Gasteiger charge is 2.94. The van der Waals surface area contributed by atoms with E-state index in [1.165, 1.54) is 35.5 Å². The minimum absolute atomic E-state index is 1.07. The van der Waals surface area contributed by atoms with Crippen molar-refractivity contribution < 1.29 is 0 Å². The van der Waals surface area contributed by atoms with E-state index in [2.05, 4.69) is 0 Å². The van der Waals surface area contributed by atoms with Gasteiger partial charge in [0.05, 0.1) is 0 Å². The fourth-order valence-electron chi connectivity index (χ4n) is 5.14. The molecule has 0 N–H and O–H groups in total. The number of rotatable bonds is 0. The molecule has 0 aromatic heterocycles. The molecule has 7 unspecified atom stereocenters. The quantitative estimate of drug-likeness (QED) is 0.472. The summed E-state index contributed by atoms with van der Waals surface area (Å²) in [6, 6.07) is 0. The summed E-state index contributed by atoms with van der Waals surface area (Å²) < 4.78 is 0. The van der Waals surface area contributed by atoms with Gasteiger partial charge in [-0.15, -0.1) is 0 Å². The molecule has 0 heteroatoms. The standard InChI is InChI=1S/C10H12/c1-4-2-6-8(5(1)4)10-3-7(10)9(6)10/h4-9H,1-3H2. The van der Waals surface area contributed by atoms with Crippen LogP contribution < -0.4 is 0 Å². The SMILES string of the molecule is C1C2CC3C(C12)C12CC1C32. The van der Waals surface area contributed by atoms with E-state index in [1.807, 2.05) is 0 Å². The maximum Gasteiger partial charge on any atom is -0.0195 e. The molecule has 0 bridgehead atoms. The fraction of sp³-hybridized carbons (Fsp3) is 1.00. The van der Waals surface area contributed by atoms with E-state index < -0.39 is 0 Å². The van der Waals surface area contributed by atoms with Crippen LogP contribution in [0, 0.1) is 40.9 Å². The summed E-state index contributed by atoms with van der Waals surface area (Å²) in [6.45, 7) is 0. The van der Waals surface area contributed by atoms with Gasteiger partial charge in [0, 0.05) is 0 Å². The Morgan fingerprint density at radius 1 is 1.00 bits per heavy atom. The van der Waals surface area contributed by atoms with E-state index in [-0.39, 0.29) is 0 Å². The Labute approximate surface area is 61.0 Å². The second kappa shape index (κ2) is 0.790. The van der Waals surface area contributed by atoms with Crippen LogP contribution in [0.5, 0.6) is 0 Å². The van der Waals surface area contributed by atoms with Crippen molar-refractivity contribution in [2.75, 3.05) is 0 Å². The summed E-state index contributed by atoms with van der Waals surface area (Å²) in [5, 5.41) is 0. The lowest BCUT2D eigenvalue weighted by molar-refractivity contribution is 0.0707. The Kier molecular flexibility index (Phi) is 0.327. The van der Waals surface area contributed by atoms with Crippen LogP contribution in [-0.2, 0) is 0 Å². The third-order valence-corrected chi connectivity index (χ3v) is 5.61. The van der Waals surface area contributed by atoms with Crippen LogP contribution in [0.25, 0.3) is 0 Å². The first-order chi connectivity index (χ1) is 4.93. The van der Waals surface area contributed by atoms with Gasteiger partial charge < -0.3 is 0 Å². The summed E-state index contributed by atoms with van der Waals surface area (Å²) in [4.78, 5) is 0. The second-order valence-electron chi connectivity index (χ2n) is 5.53. The Balaban J connectivity index is 1.73. The average Bonchev–Trinajstić information content (AvgIpc) is 2.74. The molecular formula is C10H12. The topological polar surface area (TPSA) is 0 Å². The molecule has 0 aliphatic heterocycles. The summed E-state index contributed by atoms with van der Waals surface area (Å²) in [7, 11) is 0. The molecule has 5 saturated carbocycles. The van der Waals surface area contributed by atoms with Crippen molar-refractivity contribution >= 4 is 0 Å².